The van der Waals surface area contributed by atoms with E-state index < -0.39 is 6.10 Å². The number of nitrogens with two attached hydrogens (primary N) is 1. The molecule has 1 aromatic heterocycles. The van der Waals surface area contributed by atoms with E-state index in [4.69, 9.17) is 10.5 Å². The van der Waals surface area contributed by atoms with Crippen LogP contribution >= 0.6 is 11.3 Å². The first-order valence-electron chi connectivity index (χ1n) is 7.01. The van der Waals surface area contributed by atoms with Crippen molar-refractivity contribution in [1.29, 1.82) is 0 Å². The smallest absolute Gasteiger partial charge is 0.121 e. The van der Waals surface area contributed by atoms with Crippen LogP contribution in [-0.4, -0.2) is 42.9 Å². The van der Waals surface area contributed by atoms with E-state index in [1.54, 1.807) is 17.4 Å². The van der Waals surface area contributed by atoms with E-state index in [0.717, 1.165) is 13.0 Å². The largest absolute Gasteiger partial charge is 0.491 e. The average molecular weight is 306 g/mol. The Morgan fingerprint density at radius 2 is 2.19 bits per heavy atom. The average Bonchev–Trinajstić information content (AvgIpc) is 2.96. The molecule has 1 heterocycles. The van der Waals surface area contributed by atoms with E-state index in [2.05, 4.69) is 22.4 Å². The van der Waals surface area contributed by atoms with Crippen molar-refractivity contribution in [2.75, 3.05) is 32.5 Å². The maximum Gasteiger partial charge on any atom is 0.121 e. The van der Waals surface area contributed by atoms with Gasteiger partial charge in [0.15, 0.2) is 0 Å². The van der Waals surface area contributed by atoms with Gasteiger partial charge in [-0.05, 0) is 37.0 Å². The second kappa shape index (κ2) is 8.02. The molecule has 1 atom stereocenters. The molecule has 0 aliphatic carbocycles. The highest BCUT2D eigenvalue weighted by Crippen LogP contribution is 2.14. The van der Waals surface area contributed by atoms with Gasteiger partial charge in [-0.15, -0.1) is 11.3 Å². The van der Waals surface area contributed by atoms with Crippen molar-refractivity contribution in [3.05, 3.63) is 46.7 Å². The van der Waals surface area contributed by atoms with Crippen LogP contribution in [0.2, 0.25) is 0 Å². The Labute approximate surface area is 129 Å². The molecule has 0 aliphatic heterocycles. The molecule has 2 aromatic rings. The Morgan fingerprint density at radius 1 is 1.33 bits per heavy atom. The van der Waals surface area contributed by atoms with Crippen molar-refractivity contribution in [3.8, 4) is 5.75 Å². The summed E-state index contributed by atoms with van der Waals surface area (Å²) in [6.07, 6.45) is 0.497. The topological polar surface area (TPSA) is 58.7 Å². The fraction of sp³-hybridized carbons (Fsp3) is 0.375. The normalized spacial score (nSPS) is 12.5. The first-order valence-corrected chi connectivity index (χ1v) is 7.89. The van der Waals surface area contributed by atoms with E-state index in [1.807, 2.05) is 25.2 Å². The molecule has 4 nitrogen and oxygen atoms in total. The molecule has 0 fully saturated rings. The molecule has 21 heavy (non-hydrogen) atoms. The van der Waals surface area contributed by atoms with Crippen molar-refractivity contribution in [2.24, 2.45) is 0 Å². The van der Waals surface area contributed by atoms with Crippen molar-refractivity contribution < 1.29 is 9.84 Å². The van der Waals surface area contributed by atoms with Gasteiger partial charge in [-0.2, -0.15) is 0 Å². The maximum atomic E-state index is 10.0. The predicted molar refractivity (Wildman–Crippen MR) is 87.9 cm³/mol. The molecule has 0 saturated carbocycles. The van der Waals surface area contributed by atoms with Gasteiger partial charge in [0.2, 0.25) is 0 Å². The number of hydrogen-bond donors (Lipinski definition) is 2. The minimum atomic E-state index is -0.514. The molecule has 1 aromatic carbocycles. The minimum absolute atomic E-state index is 0.271. The molecule has 0 bridgehead atoms. The summed E-state index contributed by atoms with van der Waals surface area (Å²) in [7, 11) is 2.01. The number of nitrogen functional groups attached to an aromatic ring is 1. The monoisotopic (exact) mass is 306 g/mol. The number of nitrogens with zero attached hydrogens (tertiary/aromatic N) is 1. The van der Waals surface area contributed by atoms with Crippen LogP contribution < -0.4 is 10.5 Å². The van der Waals surface area contributed by atoms with Gasteiger partial charge in [-0.3, -0.25) is 0 Å². The van der Waals surface area contributed by atoms with Crippen LogP contribution in [-0.2, 0) is 6.42 Å². The van der Waals surface area contributed by atoms with E-state index >= 15 is 0 Å². The lowest BCUT2D eigenvalue weighted by Gasteiger charge is -2.20. The first kappa shape index (κ1) is 15.8. The number of rotatable bonds is 8. The highest BCUT2D eigenvalue weighted by atomic mass is 32.1. The van der Waals surface area contributed by atoms with Crippen molar-refractivity contribution in [2.45, 2.75) is 12.5 Å². The fourth-order valence-electron chi connectivity index (χ4n) is 2.06. The summed E-state index contributed by atoms with van der Waals surface area (Å²) >= 11 is 1.77. The summed E-state index contributed by atoms with van der Waals surface area (Å²) in [5, 5.41) is 12.1. The second-order valence-corrected chi connectivity index (χ2v) is 6.16. The molecule has 0 spiro atoms. The second-order valence-electron chi connectivity index (χ2n) is 5.13. The molecule has 0 saturated heterocycles. The van der Waals surface area contributed by atoms with Crippen molar-refractivity contribution >= 4 is 17.0 Å². The van der Waals surface area contributed by atoms with E-state index in [0.29, 0.717) is 18.0 Å². The summed E-state index contributed by atoms with van der Waals surface area (Å²) in [5.74, 6) is 0.690. The number of ether oxygens (including phenoxy) is 1. The molecule has 1 unspecified atom stereocenters. The number of anilines is 1. The third-order valence-corrected chi connectivity index (χ3v) is 4.08. The Bertz CT molecular complexity index is 531. The molecule has 3 N–H and O–H groups in total. The van der Waals surface area contributed by atoms with E-state index in [1.165, 1.54) is 4.88 Å². The lowest BCUT2D eigenvalue weighted by atomic mass is 10.3. The summed E-state index contributed by atoms with van der Waals surface area (Å²) < 4.78 is 5.55. The zero-order valence-electron chi connectivity index (χ0n) is 12.2. The number of benzene rings is 1. The number of likely N-dealkylation sites (N-methyl/N-ethyl adjacent to an activating group) is 1. The van der Waals surface area contributed by atoms with Crippen molar-refractivity contribution in [3.63, 3.8) is 0 Å². The van der Waals surface area contributed by atoms with Crippen LogP contribution in [0.25, 0.3) is 0 Å². The van der Waals surface area contributed by atoms with Crippen molar-refractivity contribution in [1.82, 2.24) is 4.90 Å². The number of aliphatic hydroxyl groups is 1. The van der Waals surface area contributed by atoms with E-state index in [-0.39, 0.29) is 6.61 Å². The Kier molecular flexibility index (Phi) is 6.04. The van der Waals surface area contributed by atoms with Gasteiger partial charge in [0, 0.05) is 29.7 Å². The quantitative estimate of drug-likeness (QED) is 0.734. The molecule has 0 radical (unpaired) electrons. The van der Waals surface area contributed by atoms with Gasteiger partial charge in [-0.25, -0.2) is 0 Å². The highest BCUT2D eigenvalue weighted by Gasteiger charge is 2.09. The summed E-state index contributed by atoms with van der Waals surface area (Å²) in [4.78, 5) is 3.49. The molecule has 5 heteroatoms. The molecular formula is C16H22N2O2S. The van der Waals surface area contributed by atoms with Crippen LogP contribution in [0.4, 0.5) is 5.69 Å². The van der Waals surface area contributed by atoms with Crippen LogP contribution in [0.5, 0.6) is 5.75 Å². The van der Waals surface area contributed by atoms with Gasteiger partial charge in [0.1, 0.15) is 18.5 Å². The van der Waals surface area contributed by atoms with Crippen LogP contribution in [0, 0.1) is 0 Å². The van der Waals surface area contributed by atoms with Crippen LogP contribution in [0.15, 0.2) is 41.8 Å². The zero-order chi connectivity index (χ0) is 15.1. The minimum Gasteiger partial charge on any atom is -0.491 e. The molecule has 0 amide bonds. The summed E-state index contributed by atoms with van der Waals surface area (Å²) in [6.45, 7) is 1.79. The van der Waals surface area contributed by atoms with Gasteiger partial charge in [0.25, 0.3) is 0 Å². The first-order chi connectivity index (χ1) is 10.1. The third kappa shape index (κ3) is 5.75. The highest BCUT2D eigenvalue weighted by molar-refractivity contribution is 7.09. The van der Waals surface area contributed by atoms with Gasteiger partial charge in [0.05, 0.1) is 0 Å². The van der Waals surface area contributed by atoms with E-state index in [9.17, 15) is 5.11 Å². The van der Waals surface area contributed by atoms with Crippen LogP contribution in [0.1, 0.15) is 4.88 Å². The Balaban J connectivity index is 1.67. The number of aliphatic hydroxyl groups excluding tert-OH is 1. The molecule has 114 valence electrons. The predicted octanol–water partition coefficient (Wildman–Crippen LogP) is 2.24. The summed E-state index contributed by atoms with van der Waals surface area (Å²) in [6, 6.07) is 11.4. The SMILES string of the molecule is CN(CCc1cccs1)CC(O)COc1cccc(N)c1. The fourth-order valence-corrected chi connectivity index (χ4v) is 2.75. The molecule has 2 rings (SSSR count). The number of hydrogen-bond acceptors (Lipinski definition) is 5. The number of thiophene rings is 1. The van der Waals surface area contributed by atoms with Gasteiger partial charge in [-0.1, -0.05) is 12.1 Å². The van der Waals surface area contributed by atoms with Gasteiger partial charge < -0.3 is 20.5 Å². The molecule has 0 aliphatic rings. The third-order valence-electron chi connectivity index (χ3n) is 3.14. The summed E-state index contributed by atoms with van der Waals surface area (Å²) in [5.41, 5.74) is 6.34. The van der Waals surface area contributed by atoms with Gasteiger partial charge >= 0.3 is 0 Å². The lowest BCUT2D eigenvalue weighted by molar-refractivity contribution is 0.0768. The Hall–Kier alpha value is -1.56. The lowest BCUT2D eigenvalue weighted by Crippen LogP contribution is -2.34. The zero-order valence-corrected chi connectivity index (χ0v) is 13.1. The standard InChI is InChI=1S/C16H22N2O2S/c1-18(8-7-16-6-3-9-21-16)11-14(19)12-20-15-5-2-4-13(17)10-15/h2-6,9-10,14,19H,7-8,11-12,17H2,1H3. The van der Waals surface area contributed by atoms with Crippen LogP contribution in [0.3, 0.4) is 0 Å². The molecular weight excluding hydrogens is 284 g/mol. The Morgan fingerprint density at radius 3 is 2.90 bits per heavy atom. The maximum absolute atomic E-state index is 10.0.